The molecule has 1 saturated heterocycles. The third kappa shape index (κ3) is 3.90. The summed E-state index contributed by atoms with van der Waals surface area (Å²) in [4.78, 5) is 12.3. The van der Waals surface area contributed by atoms with Crippen molar-refractivity contribution in [2.75, 3.05) is 0 Å². The molecule has 3 unspecified atom stereocenters. The standard InChI is InChI=1S/C18H16ClN3OS/c19-14-8-4-5-12(9-14)11-24-18-21-16(13-6-2-1-3-7-13)15(10-20)17(23)22-18/h1-9,15-16,18,21H,11H2,(H,22,23). The van der Waals surface area contributed by atoms with Gasteiger partial charge < -0.3 is 5.32 Å². The predicted octanol–water partition coefficient (Wildman–Crippen LogP) is 3.46. The fourth-order valence-electron chi connectivity index (χ4n) is 2.65. The average molecular weight is 358 g/mol. The van der Waals surface area contributed by atoms with Crippen LogP contribution >= 0.6 is 23.4 Å². The van der Waals surface area contributed by atoms with E-state index in [1.165, 1.54) is 0 Å². The first-order valence-electron chi connectivity index (χ1n) is 7.54. The minimum absolute atomic E-state index is 0.242. The zero-order valence-corrected chi connectivity index (χ0v) is 14.3. The SMILES string of the molecule is N#CC1C(=O)NC(SCc2cccc(Cl)c2)NC1c1ccccc1. The summed E-state index contributed by atoms with van der Waals surface area (Å²) >= 11 is 7.56. The van der Waals surface area contributed by atoms with Crippen molar-refractivity contribution in [3.8, 4) is 6.07 Å². The second-order valence-corrected chi connectivity index (χ2v) is 7.02. The Labute approximate surface area is 150 Å². The Morgan fingerprint density at radius 2 is 1.96 bits per heavy atom. The van der Waals surface area contributed by atoms with Gasteiger partial charge in [0.2, 0.25) is 5.91 Å². The van der Waals surface area contributed by atoms with Crippen LogP contribution < -0.4 is 10.6 Å². The van der Waals surface area contributed by atoms with Crippen LogP contribution in [-0.2, 0) is 10.5 Å². The number of halogens is 1. The summed E-state index contributed by atoms with van der Waals surface area (Å²) in [6.45, 7) is 0. The van der Waals surface area contributed by atoms with Gasteiger partial charge in [0.05, 0.1) is 12.1 Å². The molecule has 0 spiro atoms. The Bertz CT molecular complexity index is 762. The number of hydrogen-bond donors (Lipinski definition) is 2. The first kappa shape index (κ1) is 16.8. The lowest BCUT2D eigenvalue weighted by atomic mass is 9.92. The number of carbonyl (C=O) groups excluding carboxylic acids is 1. The van der Waals surface area contributed by atoms with Crippen molar-refractivity contribution in [3.63, 3.8) is 0 Å². The molecule has 1 fully saturated rings. The summed E-state index contributed by atoms with van der Waals surface area (Å²) in [6.07, 6.45) is 0. The van der Waals surface area contributed by atoms with Gasteiger partial charge in [0.15, 0.2) is 0 Å². The van der Waals surface area contributed by atoms with E-state index in [9.17, 15) is 10.1 Å². The molecule has 1 aliphatic heterocycles. The molecule has 2 N–H and O–H groups in total. The Balaban J connectivity index is 1.72. The maximum atomic E-state index is 12.3. The van der Waals surface area contributed by atoms with Gasteiger partial charge in [-0.1, -0.05) is 54.1 Å². The van der Waals surface area contributed by atoms with Crippen LogP contribution in [0, 0.1) is 17.2 Å². The molecule has 1 aliphatic rings. The summed E-state index contributed by atoms with van der Waals surface area (Å²) in [6, 6.07) is 19.0. The van der Waals surface area contributed by atoms with Gasteiger partial charge in [0, 0.05) is 10.8 Å². The van der Waals surface area contributed by atoms with Gasteiger partial charge in [-0.3, -0.25) is 10.1 Å². The van der Waals surface area contributed by atoms with Gasteiger partial charge >= 0.3 is 0 Å². The van der Waals surface area contributed by atoms with Crippen LogP contribution in [0.5, 0.6) is 0 Å². The maximum absolute atomic E-state index is 12.3. The van der Waals surface area contributed by atoms with Gasteiger partial charge in [-0.25, -0.2) is 0 Å². The number of amides is 1. The lowest BCUT2D eigenvalue weighted by Crippen LogP contribution is -2.55. The number of benzene rings is 2. The summed E-state index contributed by atoms with van der Waals surface area (Å²) in [5.74, 6) is -0.277. The van der Waals surface area contributed by atoms with Crippen molar-refractivity contribution in [2.24, 2.45) is 5.92 Å². The molecular weight excluding hydrogens is 342 g/mol. The lowest BCUT2D eigenvalue weighted by Gasteiger charge is -2.34. The molecule has 1 amide bonds. The molecule has 4 nitrogen and oxygen atoms in total. The molecule has 122 valence electrons. The normalized spacial score (nSPS) is 23.3. The van der Waals surface area contributed by atoms with E-state index < -0.39 is 5.92 Å². The number of nitriles is 1. The Kier molecular flexibility index (Phi) is 5.41. The number of nitrogens with one attached hydrogen (secondary N) is 2. The molecule has 1 heterocycles. The number of hydrogen-bond acceptors (Lipinski definition) is 4. The molecule has 3 atom stereocenters. The minimum atomic E-state index is -0.740. The highest BCUT2D eigenvalue weighted by atomic mass is 35.5. The van der Waals surface area contributed by atoms with Gasteiger partial charge in [-0.2, -0.15) is 5.26 Å². The monoisotopic (exact) mass is 357 g/mol. The van der Waals surface area contributed by atoms with E-state index in [2.05, 4.69) is 16.7 Å². The van der Waals surface area contributed by atoms with Gasteiger partial charge in [-0.05, 0) is 23.3 Å². The third-order valence-electron chi connectivity index (χ3n) is 3.82. The first-order valence-corrected chi connectivity index (χ1v) is 8.97. The van der Waals surface area contributed by atoms with Crippen molar-refractivity contribution in [2.45, 2.75) is 17.3 Å². The van der Waals surface area contributed by atoms with E-state index >= 15 is 0 Å². The molecule has 6 heteroatoms. The van der Waals surface area contributed by atoms with Crippen molar-refractivity contribution in [1.82, 2.24) is 10.6 Å². The van der Waals surface area contributed by atoms with E-state index in [1.807, 2.05) is 54.6 Å². The van der Waals surface area contributed by atoms with Gasteiger partial charge in [0.25, 0.3) is 0 Å². The highest BCUT2D eigenvalue weighted by Gasteiger charge is 2.37. The highest BCUT2D eigenvalue weighted by Crippen LogP contribution is 2.29. The van der Waals surface area contributed by atoms with Crippen LogP contribution in [0.3, 0.4) is 0 Å². The minimum Gasteiger partial charge on any atom is -0.331 e. The Hall–Kier alpha value is -2.00. The van der Waals surface area contributed by atoms with Crippen LogP contribution in [0.2, 0.25) is 5.02 Å². The predicted molar refractivity (Wildman–Crippen MR) is 96.1 cm³/mol. The lowest BCUT2D eigenvalue weighted by molar-refractivity contribution is -0.126. The first-order chi connectivity index (χ1) is 11.7. The second kappa shape index (κ2) is 7.71. The van der Waals surface area contributed by atoms with E-state index in [0.29, 0.717) is 10.8 Å². The quantitative estimate of drug-likeness (QED) is 0.879. The van der Waals surface area contributed by atoms with Crippen molar-refractivity contribution in [3.05, 3.63) is 70.7 Å². The zero-order chi connectivity index (χ0) is 16.9. The summed E-state index contributed by atoms with van der Waals surface area (Å²) in [5.41, 5.74) is 1.76. The topological polar surface area (TPSA) is 64.9 Å². The van der Waals surface area contributed by atoms with Crippen LogP contribution in [0.15, 0.2) is 54.6 Å². The van der Waals surface area contributed by atoms with Gasteiger partial charge in [-0.15, -0.1) is 11.8 Å². The zero-order valence-electron chi connectivity index (χ0n) is 12.8. The number of carbonyl (C=O) groups is 1. The van der Waals surface area contributed by atoms with Crippen molar-refractivity contribution < 1.29 is 4.79 Å². The van der Waals surface area contributed by atoms with E-state index in [0.717, 1.165) is 11.1 Å². The third-order valence-corrected chi connectivity index (χ3v) is 5.15. The Morgan fingerprint density at radius 1 is 1.17 bits per heavy atom. The van der Waals surface area contributed by atoms with Crippen molar-refractivity contribution >= 4 is 29.3 Å². The van der Waals surface area contributed by atoms with Crippen LogP contribution in [-0.4, -0.2) is 11.4 Å². The molecule has 2 aromatic carbocycles. The van der Waals surface area contributed by atoms with Crippen LogP contribution in [0.1, 0.15) is 17.2 Å². The number of thioether (sulfide) groups is 1. The maximum Gasteiger partial charge on any atom is 0.241 e. The van der Waals surface area contributed by atoms with Gasteiger partial charge in [0.1, 0.15) is 11.4 Å². The van der Waals surface area contributed by atoms with Crippen molar-refractivity contribution in [1.29, 1.82) is 5.26 Å². The Morgan fingerprint density at radius 3 is 2.67 bits per heavy atom. The molecule has 3 rings (SSSR count). The molecule has 0 aromatic heterocycles. The van der Waals surface area contributed by atoms with E-state index in [-0.39, 0.29) is 17.4 Å². The average Bonchev–Trinajstić information content (AvgIpc) is 2.60. The molecule has 24 heavy (non-hydrogen) atoms. The molecule has 0 bridgehead atoms. The molecule has 0 aliphatic carbocycles. The largest absolute Gasteiger partial charge is 0.331 e. The summed E-state index contributed by atoms with van der Waals surface area (Å²) in [5, 5.41) is 16.3. The number of rotatable bonds is 4. The second-order valence-electron chi connectivity index (χ2n) is 5.49. The highest BCUT2D eigenvalue weighted by molar-refractivity contribution is 7.99. The summed E-state index contributed by atoms with van der Waals surface area (Å²) < 4.78 is 0. The molecular formula is C18H16ClN3OS. The van der Waals surface area contributed by atoms with E-state index in [4.69, 9.17) is 11.6 Å². The van der Waals surface area contributed by atoms with E-state index in [1.54, 1.807) is 11.8 Å². The van der Waals surface area contributed by atoms with Crippen LogP contribution in [0.4, 0.5) is 0 Å². The van der Waals surface area contributed by atoms with Crippen LogP contribution in [0.25, 0.3) is 0 Å². The molecule has 0 radical (unpaired) electrons. The summed E-state index contributed by atoms with van der Waals surface area (Å²) in [7, 11) is 0. The number of nitrogens with zero attached hydrogens (tertiary/aromatic N) is 1. The molecule has 2 aromatic rings. The smallest absolute Gasteiger partial charge is 0.241 e. The fourth-order valence-corrected chi connectivity index (χ4v) is 3.84. The molecule has 0 saturated carbocycles. The fraction of sp³-hybridized carbons (Fsp3) is 0.222.